The molecule has 0 saturated carbocycles. The highest BCUT2D eigenvalue weighted by atomic mass is 32.2. The van der Waals surface area contributed by atoms with E-state index in [9.17, 15) is 16.8 Å². The summed E-state index contributed by atoms with van der Waals surface area (Å²) in [5.41, 5.74) is 2.14. The average Bonchev–Trinajstić information content (AvgIpc) is 2.79. The van der Waals surface area contributed by atoms with E-state index in [1.54, 1.807) is 55.5 Å². The summed E-state index contributed by atoms with van der Waals surface area (Å²) in [6.07, 6.45) is 2.97. The van der Waals surface area contributed by atoms with Crippen molar-refractivity contribution in [2.75, 3.05) is 13.7 Å². The molecule has 0 aliphatic rings. The van der Waals surface area contributed by atoms with Gasteiger partial charge < -0.3 is 4.74 Å². The summed E-state index contributed by atoms with van der Waals surface area (Å²) < 4.78 is 60.9. The smallest absolute Gasteiger partial charge is 0.244 e. The molecule has 3 aromatic rings. The van der Waals surface area contributed by atoms with E-state index in [0.29, 0.717) is 5.56 Å². The molecule has 0 radical (unpaired) electrons. The molecule has 176 valence electrons. The van der Waals surface area contributed by atoms with Crippen LogP contribution in [0.3, 0.4) is 0 Å². The minimum atomic E-state index is -4.05. The van der Waals surface area contributed by atoms with Crippen LogP contribution in [0.1, 0.15) is 41.7 Å². The molecule has 1 N–H and O–H groups in total. The summed E-state index contributed by atoms with van der Waals surface area (Å²) in [6, 6.07) is 14.7. The largest absolute Gasteiger partial charge is 0.495 e. The van der Waals surface area contributed by atoms with E-state index >= 15 is 0 Å². The Kier molecular flexibility index (Phi) is 7.56. The molecule has 9 heteroatoms. The number of aryl methyl sites for hydroxylation is 1. The molecule has 0 saturated heterocycles. The molecule has 1 heterocycles. The van der Waals surface area contributed by atoms with Crippen LogP contribution in [0.5, 0.6) is 5.75 Å². The predicted molar refractivity (Wildman–Crippen MR) is 128 cm³/mol. The van der Waals surface area contributed by atoms with Gasteiger partial charge in [0.25, 0.3) is 0 Å². The van der Waals surface area contributed by atoms with Crippen LogP contribution >= 0.6 is 0 Å². The van der Waals surface area contributed by atoms with E-state index in [2.05, 4.69) is 9.71 Å². The number of aromatic nitrogens is 1. The Bertz CT molecular complexity index is 1300. The molecule has 0 bridgehead atoms. The van der Waals surface area contributed by atoms with Crippen molar-refractivity contribution in [2.45, 2.75) is 41.7 Å². The standard InChI is InChI=1S/C24H28N2O5S2/c1-17(2)19-8-10-21(11-9-19)32(27,28)24(20-6-5-13-25-15-20)16-26-33(29,30)23-14-18(3)7-12-22(23)31-4/h5-15,17,24,26H,16H2,1-4H3. The van der Waals surface area contributed by atoms with Crippen molar-refractivity contribution >= 4 is 19.9 Å². The maximum Gasteiger partial charge on any atom is 0.244 e. The van der Waals surface area contributed by atoms with Gasteiger partial charge in [0.05, 0.1) is 12.0 Å². The van der Waals surface area contributed by atoms with E-state index in [-0.39, 0.29) is 28.0 Å². The molecule has 0 aliphatic heterocycles. The number of sulfonamides is 1. The van der Waals surface area contributed by atoms with Crippen molar-refractivity contribution in [3.8, 4) is 5.75 Å². The monoisotopic (exact) mass is 488 g/mol. The number of benzene rings is 2. The van der Waals surface area contributed by atoms with E-state index in [1.807, 2.05) is 13.8 Å². The van der Waals surface area contributed by atoms with E-state index in [0.717, 1.165) is 11.1 Å². The quantitative estimate of drug-likeness (QED) is 0.488. The Morgan fingerprint density at radius 3 is 2.24 bits per heavy atom. The second-order valence-corrected chi connectivity index (χ2v) is 11.9. The van der Waals surface area contributed by atoms with Crippen LogP contribution in [0, 0.1) is 6.92 Å². The summed E-state index contributed by atoms with van der Waals surface area (Å²) in [5, 5.41) is -1.17. The van der Waals surface area contributed by atoms with Crippen molar-refractivity contribution in [1.82, 2.24) is 9.71 Å². The fraction of sp³-hybridized carbons (Fsp3) is 0.292. The Labute approximate surface area is 195 Å². The number of hydrogen-bond donors (Lipinski definition) is 1. The van der Waals surface area contributed by atoms with E-state index in [4.69, 9.17) is 4.74 Å². The third-order valence-electron chi connectivity index (χ3n) is 5.37. The van der Waals surface area contributed by atoms with Crippen LogP contribution in [-0.4, -0.2) is 35.5 Å². The Morgan fingerprint density at radius 1 is 0.970 bits per heavy atom. The minimum Gasteiger partial charge on any atom is -0.495 e. The maximum atomic E-state index is 13.6. The highest BCUT2D eigenvalue weighted by Gasteiger charge is 2.32. The molecule has 2 aromatic carbocycles. The van der Waals surface area contributed by atoms with Crippen LogP contribution in [-0.2, 0) is 19.9 Å². The fourth-order valence-electron chi connectivity index (χ4n) is 3.44. The number of methoxy groups -OCH3 is 1. The number of rotatable bonds is 9. The lowest BCUT2D eigenvalue weighted by Gasteiger charge is -2.20. The summed E-state index contributed by atoms with van der Waals surface area (Å²) >= 11 is 0. The summed E-state index contributed by atoms with van der Waals surface area (Å²) in [4.78, 5) is 4.10. The Balaban J connectivity index is 1.98. The van der Waals surface area contributed by atoms with Gasteiger partial charge in [0.1, 0.15) is 15.9 Å². The molecular weight excluding hydrogens is 460 g/mol. The average molecular weight is 489 g/mol. The van der Waals surface area contributed by atoms with Gasteiger partial charge in [-0.25, -0.2) is 21.6 Å². The van der Waals surface area contributed by atoms with Gasteiger partial charge in [-0.05, 0) is 59.9 Å². The number of ether oxygens (including phenoxy) is 1. The van der Waals surface area contributed by atoms with Crippen molar-refractivity contribution in [1.29, 1.82) is 0 Å². The molecule has 0 aliphatic carbocycles. The Morgan fingerprint density at radius 2 is 1.67 bits per heavy atom. The number of sulfone groups is 1. The van der Waals surface area contributed by atoms with Crippen LogP contribution in [0.4, 0.5) is 0 Å². The predicted octanol–water partition coefficient (Wildman–Crippen LogP) is 4.02. The molecule has 1 atom stereocenters. The second kappa shape index (κ2) is 10.0. The maximum absolute atomic E-state index is 13.6. The zero-order chi connectivity index (χ0) is 24.2. The highest BCUT2D eigenvalue weighted by molar-refractivity contribution is 7.92. The zero-order valence-electron chi connectivity index (χ0n) is 19.0. The second-order valence-electron chi connectivity index (χ2n) is 8.05. The molecule has 0 fully saturated rings. The SMILES string of the molecule is COc1ccc(C)cc1S(=O)(=O)NCC(c1cccnc1)S(=O)(=O)c1ccc(C(C)C)cc1. The van der Waals surface area contributed by atoms with Gasteiger partial charge in [0.15, 0.2) is 9.84 Å². The van der Waals surface area contributed by atoms with Crippen molar-refractivity contribution in [3.05, 3.63) is 83.7 Å². The Hall–Kier alpha value is -2.75. The van der Waals surface area contributed by atoms with Gasteiger partial charge in [-0.15, -0.1) is 0 Å². The van der Waals surface area contributed by atoms with Crippen LogP contribution in [0.2, 0.25) is 0 Å². The molecule has 0 amide bonds. The third kappa shape index (κ3) is 5.61. The minimum absolute atomic E-state index is 0.0476. The lowest BCUT2D eigenvalue weighted by molar-refractivity contribution is 0.402. The van der Waals surface area contributed by atoms with Crippen LogP contribution in [0.15, 0.2) is 76.8 Å². The van der Waals surface area contributed by atoms with Crippen LogP contribution < -0.4 is 9.46 Å². The fourth-order valence-corrected chi connectivity index (χ4v) is 6.49. The molecule has 0 spiro atoms. The lowest BCUT2D eigenvalue weighted by Crippen LogP contribution is -2.32. The molecule has 7 nitrogen and oxygen atoms in total. The normalized spacial score (nSPS) is 13.1. The molecule has 1 aromatic heterocycles. The van der Waals surface area contributed by atoms with E-state index < -0.39 is 25.1 Å². The molecule has 3 rings (SSSR count). The number of nitrogens with zero attached hydrogens (tertiary/aromatic N) is 1. The first-order valence-corrected chi connectivity index (χ1v) is 13.5. The summed E-state index contributed by atoms with van der Waals surface area (Å²) in [5.74, 6) is 0.435. The van der Waals surface area contributed by atoms with Gasteiger partial charge in [-0.2, -0.15) is 0 Å². The molecular formula is C24H28N2O5S2. The number of nitrogens with one attached hydrogen (secondary N) is 1. The van der Waals surface area contributed by atoms with Crippen molar-refractivity contribution in [2.24, 2.45) is 0 Å². The first-order valence-electron chi connectivity index (χ1n) is 10.4. The molecule has 33 heavy (non-hydrogen) atoms. The van der Waals surface area contributed by atoms with Gasteiger partial charge >= 0.3 is 0 Å². The number of hydrogen-bond acceptors (Lipinski definition) is 6. The van der Waals surface area contributed by atoms with Gasteiger partial charge in [0.2, 0.25) is 10.0 Å². The molecule has 1 unspecified atom stereocenters. The van der Waals surface area contributed by atoms with Crippen molar-refractivity contribution in [3.63, 3.8) is 0 Å². The summed E-state index contributed by atoms with van der Waals surface area (Å²) in [7, 11) is -6.59. The zero-order valence-corrected chi connectivity index (χ0v) is 20.7. The van der Waals surface area contributed by atoms with Gasteiger partial charge in [0, 0.05) is 18.9 Å². The highest BCUT2D eigenvalue weighted by Crippen LogP contribution is 2.30. The van der Waals surface area contributed by atoms with Crippen LogP contribution in [0.25, 0.3) is 0 Å². The summed E-state index contributed by atoms with van der Waals surface area (Å²) in [6.45, 7) is 5.45. The topological polar surface area (TPSA) is 102 Å². The van der Waals surface area contributed by atoms with Gasteiger partial charge in [-0.1, -0.05) is 38.1 Å². The number of pyridine rings is 1. The third-order valence-corrected chi connectivity index (χ3v) is 8.94. The van der Waals surface area contributed by atoms with Crippen molar-refractivity contribution < 1.29 is 21.6 Å². The first kappa shape index (κ1) is 24.9. The van der Waals surface area contributed by atoms with Gasteiger partial charge in [-0.3, -0.25) is 4.98 Å². The van der Waals surface area contributed by atoms with E-state index in [1.165, 1.54) is 25.6 Å². The lowest BCUT2D eigenvalue weighted by atomic mass is 10.0. The first-order chi connectivity index (χ1) is 15.6.